The lowest BCUT2D eigenvalue weighted by Gasteiger charge is -2.18. The Balaban J connectivity index is 0.000000142. The number of hydrogen-bond donors (Lipinski definition) is 0. The van der Waals surface area contributed by atoms with E-state index in [2.05, 4.69) is 0 Å². The smallest absolute Gasteiger partial charge is 0.336 e. The molecule has 2 aromatic carbocycles. The van der Waals surface area contributed by atoms with Gasteiger partial charge in [0.05, 0.1) is 63.6 Å². The van der Waals surface area contributed by atoms with Gasteiger partial charge in [0.1, 0.15) is 58.6 Å². The van der Waals surface area contributed by atoms with Crippen molar-refractivity contribution in [1.29, 1.82) is 0 Å². The molecule has 0 aliphatic carbocycles. The molecular formula is C32H32O12. The highest BCUT2D eigenvalue weighted by Crippen LogP contribution is 2.56. The van der Waals surface area contributed by atoms with Crippen LogP contribution in [0.3, 0.4) is 0 Å². The fourth-order valence-electron chi connectivity index (χ4n) is 6.27. The Labute approximate surface area is 251 Å². The second-order valence-electron chi connectivity index (χ2n) is 11.5. The van der Waals surface area contributed by atoms with Crippen molar-refractivity contribution in [1.82, 2.24) is 0 Å². The van der Waals surface area contributed by atoms with Crippen LogP contribution in [0.1, 0.15) is 37.2 Å². The maximum Gasteiger partial charge on any atom is 0.336 e. The molecule has 12 nitrogen and oxygen atoms in total. The summed E-state index contributed by atoms with van der Waals surface area (Å²) in [5.41, 5.74) is 0.878. The molecule has 8 rings (SSSR count). The number of methoxy groups -OCH3 is 4. The van der Waals surface area contributed by atoms with Crippen molar-refractivity contribution in [2.24, 2.45) is 0 Å². The Kier molecular flexibility index (Phi) is 6.66. The second kappa shape index (κ2) is 10.2. The molecule has 2 aromatic heterocycles. The van der Waals surface area contributed by atoms with E-state index in [0.29, 0.717) is 69.3 Å². The molecule has 0 unspecified atom stereocenters. The molecule has 4 aromatic rings. The van der Waals surface area contributed by atoms with Crippen molar-refractivity contribution < 1.29 is 46.7 Å². The largest absolute Gasteiger partial charge is 0.496 e. The van der Waals surface area contributed by atoms with E-state index in [0.717, 1.165) is 0 Å². The fraction of sp³-hybridized carbons (Fsp3) is 0.438. The summed E-state index contributed by atoms with van der Waals surface area (Å²) in [4.78, 5) is 23.4. The van der Waals surface area contributed by atoms with Gasteiger partial charge in [-0.15, -0.1) is 0 Å². The van der Waals surface area contributed by atoms with Gasteiger partial charge in [0.15, 0.2) is 11.2 Å². The van der Waals surface area contributed by atoms with Crippen LogP contribution in [-0.4, -0.2) is 65.1 Å². The summed E-state index contributed by atoms with van der Waals surface area (Å²) in [6, 6.07) is 9.66. The number of fused-ring (bicyclic) bond motifs is 4. The quantitative estimate of drug-likeness (QED) is 0.230. The van der Waals surface area contributed by atoms with Gasteiger partial charge < -0.3 is 46.7 Å². The highest BCUT2D eigenvalue weighted by molar-refractivity contribution is 5.90. The third-order valence-electron chi connectivity index (χ3n) is 8.72. The summed E-state index contributed by atoms with van der Waals surface area (Å²) in [7, 11) is 6.25. The maximum atomic E-state index is 11.7. The van der Waals surface area contributed by atoms with Crippen LogP contribution in [0, 0.1) is 0 Å². The Bertz CT molecular complexity index is 1760. The fourth-order valence-corrected chi connectivity index (χ4v) is 6.27. The topological polar surface area (TPSA) is 141 Å². The van der Waals surface area contributed by atoms with E-state index in [1.165, 1.54) is 12.1 Å². The third kappa shape index (κ3) is 4.43. The summed E-state index contributed by atoms with van der Waals surface area (Å²) < 4.78 is 55.7. The molecule has 0 amide bonds. The van der Waals surface area contributed by atoms with Gasteiger partial charge in [-0.2, -0.15) is 0 Å². The summed E-state index contributed by atoms with van der Waals surface area (Å²) in [5, 5.41) is 1.41. The van der Waals surface area contributed by atoms with Gasteiger partial charge in [-0.1, -0.05) is 0 Å². The summed E-state index contributed by atoms with van der Waals surface area (Å²) in [6.45, 7) is 5.03. The molecule has 6 heterocycles. The Morgan fingerprint density at radius 2 is 1.00 bits per heavy atom. The average molecular weight is 609 g/mol. The van der Waals surface area contributed by atoms with Gasteiger partial charge >= 0.3 is 11.3 Å². The van der Waals surface area contributed by atoms with E-state index < -0.39 is 11.3 Å². The van der Waals surface area contributed by atoms with Crippen LogP contribution in [0.2, 0.25) is 0 Å². The van der Waals surface area contributed by atoms with Crippen LogP contribution in [0.5, 0.6) is 23.0 Å². The van der Waals surface area contributed by atoms with Crippen LogP contribution in [-0.2, 0) is 18.9 Å². The molecule has 0 spiro atoms. The van der Waals surface area contributed by atoms with Crippen LogP contribution in [0.4, 0.5) is 0 Å². The molecule has 4 aliphatic heterocycles. The van der Waals surface area contributed by atoms with Crippen molar-refractivity contribution in [3.63, 3.8) is 0 Å². The van der Waals surface area contributed by atoms with Crippen molar-refractivity contribution in [3.8, 4) is 23.0 Å². The Morgan fingerprint density at radius 3 is 1.30 bits per heavy atom. The first-order valence-electron chi connectivity index (χ1n) is 14.1. The first kappa shape index (κ1) is 28.7. The maximum absolute atomic E-state index is 11.7. The van der Waals surface area contributed by atoms with E-state index in [1.54, 1.807) is 52.7 Å². The number of benzene rings is 2. The van der Waals surface area contributed by atoms with Gasteiger partial charge in [-0.25, -0.2) is 9.59 Å². The standard InChI is InChI=1S/2C16H16O6/c2*1-16-7-20-14(15(16)22-16)12-10(19-3)6-9(18-2)8-4-5-11(17)21-13(8)12/h2*4-6,14-15H,7H2,1-3H3/t2*14-,15-,16+/m10/s1. The Morgan fingerprint density at radius 1 is 0.614 bits per heavy atom. The predicted molar refractivity (Wildman–Crippen MR) is 155 cm³/mol. The molecule has 44 heavy (non-hydrogen) atoms. The first-order valence-corrected chi connectivity index (χ1v) is 14.1. The molecule has 232 valence electrons. The molecule has 0 bridgehead atoms. The number of ether oxygens (including phenoxy) is 8. The minimum absolute atomic E-state index is 0.0523. The first-order chi connectivity index (χ1) is 21.1. The van der Waals surface area contributed by atoms with Crippen LogP contribution < -0.4 is 30.2 Å². The third-order valence-corrected chi connectivity index (χ3v) is 8.72. The van der Waals surface area contributed by atoms with Crippen LogP contribution in [0.15, 0.2) is 54.8 Å². The van der Waals surface area contributed by atoms with Crippen molar-refractivity contribution in [3.05, 3.63) is 68.4 Å². The number of epoxide rings is 2. The zero-order chi connectivity index (χ0) is 31.0. The monoisotopic (exact) mass is 608 g/mol. The molecule has 0 N–H and O–H groups in total. The lowest BCUT2D eigenvalue weighted by molar-refractivity contribution is 0.0116. The second-order valence-corrected chi connectivity index (χ2v) is 11.5. The lowest BCUT2D eigenvalue weighted by Crippen LogP contribution is -2.10. The molecular weight excluding hydrogens is 576 g/mol. The van der Waals surface area contributed by atoms with Crippen molar-refractivity contribution in [2.75, 3.05) is 41.7 Å². The molecule has 6 atom stereocenters. The van der Waals surface area contributed by atoms with Crippen LogP contribution >= 0.6 is 0 Å². The van der Waals surface area contributed by atoms with Gasteiger partial charge in [0.25, 0.3) is 0 Å². The molecule has 0 saturated carbocycles. The SMILES string of the molecule is COc1cc(OC)c2ccc(=O)oc2c1[C@@H]1OC[C@@]2(C)O[C@@H]12.COc1cc(OC)c2ccc(=O)oc2c1[C@H]1OC[C@]2(C)O[C@H]12. The Hall–Kier alpha value is -4.10. The van der Waals surface area contributed by atoms with Crippen molar-refractivity contribution >= 4 is 21.9 Å². The normalized spacial score (nSPS) is 29.4. The molecule has 4 saturated heterocycles. The highest BCUT2D eigenvalue weighted by Gasteiger charge is 2.64. The molecule has 0 radical (unpaired) electrons. The molecule has 4 fully saturated rings. The molecule has 4 aliphatic rings. The zero-order valence-corrected chi connectivity index (χ0v) is 25.1. The highest BCUT2D eigenvalue weighted by atomic mass is 16.7. The minimum Gasteiger partial charge on any atom is -0.496 e. The van der Waals surface area contributed by atoms with E-state index in [4.69, 9.17) is 46.7 Å². The van der Waals surface area contributed by atoms with Crippen molar-refractivity contribution in [2.45, 2.75) is 49.5 Å². The average Bonchev–Trinajstić information content (AvgIpc) is 3.82. The van der Waals surface area contributed by atoms with E-state index in [1.807, 2.05) is 13.8 Å². The lowest BCUT2D eigenvalue weighted by atomic mass is 9.98. The van der Waals surface area contributed by atoms with Crippen LogP contribution in [0.25, 0.3) is 21.9 Å². The minimum atomic E-state index is -0.429. The number of rotatable bonds is 6. The van der Waals surface area contributed by atoms with Gasteiger partial charge in [-0.05, 0) is 26.0 Å². The summed E-state index contributed by atoms with van der Waals surface area (Å²) in [6.07, 6.45) is -0.746. The van der Waals surface area contributed by atoms with E-state index >= 15 is 0 Å². The van der Waals surface area contributed by atoms with Gasteiger partial charge in [0.2, 0.25) is 0 Å². The molecule has 12 heteroatoms. The predicted octanol–water partition coefficient (Wildman–Crippen LogP) is 4.08. The summed E-state index contributed by atoms with van der Waals surface area (Å²) >= 11 is 0. The van der Waals surface area contributed by atoms with E-state index in [-0.39, 0.29) is 35.6 Å². The van der Waals surface area contributed by atoms with E-state index in [9.17, 15) is 9.59 Å². The zero-order valence-electron chi connectivity index (χ0n) is 25.1. The van der Waals surface area contributed by atoms with Gasteiger partial charge in [-0.3, -0.25) is 0 Å². The summed E-state index contributed by atoms with van der Waals surface area (Å²) in [5.74, 6) is 2.28. The van der Waals surface area contributed by atoms with Gasteiger partial charge in [0, 0.05) is 24.3 Å². The number of hydrogen-bond acceptors (Lipinski definition) is 12.